The zero-order valence-electron chi connectivity index (χ0n) is 12.7. The molecule has 2 rings (SSSR count). The van der Waals surface area contributed by atoms with Crippen molar-refractivity contribution in [1.82, 2.24) is 5.43 Å². The highest BCUT2D eigenvalue weighted by atomic mass is 79.9. The molecule has 0 atom stereocenters. The minimum atomic E-state index is -0.484. The summed E-state index contributed by atoms with van der Waals surface area (Å²) < 4.78 is 5.57. The highest BCUT2D eigenvalue weighted by molar-refractivity contribution is 9.10. The molecule has 0 fully saturated rings. The second-order valence-electron chi connectivity index (χ2n) is 4.78. The second kappa shape index (κ2) is 8.21. The van der Waals surface area contributed by atoms with Crippen LogP contribution in [0.25, 0.3) is 0 Å². The first-order valence-electron chi connectivity index (χ1n) is 6.88. The van der Waals surface area contributed by atoms with Crippen molar-refractivity contribution in [2.24, 2.45) is 5.10 Å². The van der Waals surface area contributed by atoms with Crippen molar-refractivity contribution >= 4 is 33.7 Å². The van der Waals surface area contributed by atoms with Crippen molar-refractivity contribution in [3.8, 4) is 5.75 Å². The maximum Gasteiger partial charge on any atom is 0.270 e. The Kier molecular flexibility index (Phi) is 6.02. The monoisotopic (exact) mass is 391 g/mol. The van der Waals surface area contributed by atoms with Crippen molar-refractivity contribution < 1.29 is 14.5 Å². The summed E-state index contributed by atoms with van der Waals surface area (Å²) in [6.45, 7) is 0. The third-order valence-corrected chi connectivity index (χ3v) is 3.80. The van der Waals surface area contributed by atoms with Gasteiger partial charge in [0, 0.05) is 22.2 Å². The molecule has 0 radical (unpaired) electrons. The number of carbonyl (C=O) groups is 1. The molecule has 0 bridgehead atoms. The first kappa shape index (κ1) is 17.6. The molecular formula is C16H14BrN3O4. The summed E-state index contributed by atoms with van der Waals surface area (Å²) in [5.41, 5.74) is 3.84. The first-order valence-corrected chi connectivity index (χ1v) is 7.67. The van der Waals surface area contributed by atoms with Gasteiger partial charge in [-0.2, -0.15) is 5.10 Å². The molecule has 0 aliphatic rings. The lowest BCUT2D eigenvalue weighted by Gasteiger charge is -2.03. The molecule has 8 heteroatoms. The van der Waals surface area contributed by atoms with E-state index in [0.29, 0.717) is 10.0 Å². The molecule has 0 aliphatic carbocycles. The van der Waals surface area contributed by atoms with E-state index in [1.54, 1.807) is 37.4 Å². The lowest BCUT2D eigenvalue weighted by atomic mass is 10.1. The number of nitro benzene ring substituents is 1. The van der Waals surface area contributed by atoms with Crippen LogP contribution in [0, 0.1) is 10.1 Å². The Morgan fingerprint density at radius 1 is 1.33 bits per heavy atom. The van der Waals surface area contributed by atoms with E-state index in [9.17, 15) is 14.9 Å². The van der Waals surface area contributed by atoms with Gasteiger partial charge in [0.1, 0.15) is 5.75 Å². The number of non-ortho nitro benzene ring substituents is 1. The molecule has 0 heterocycles. The Morgan fingerprint density at radius 3 is 2.62 bits per heavy atom. The summed E-state index contributed by atoms with van der Waals surface area (Å²) in [7, 11) is 1.58. The van der Waals surface area contributed by atoms with Gasteiger partial charge >= 0.3 is 0 Å². The number of nitro groups is 1. The van der Waals surface area contributed by atoms with Gasteiger partial charge in [0.2, 0.25) is 5.91 Å². The van der Waals surface area contributed by atoms with Crippen LogP contribution in [0.1, 0.15) is 11.1 Å². The van der Waals surface area contributed by atoms with Crippen LogP contribution in [-0.4, -0.2) is 24.2 Å². The average Bonchev–Trinajstić information content (AvgIpc) is 2.56. The van der Waals surface area contributed by atoms with Gasteiger partial charge in [0.05, 0.1) is 24.7 Å². The van der Waals surface area contributed by atoms with Crippen molar-refractivity contribution in [2.45, 2.75) is 6.42 Å². The number of nitrogens with one attached hydrogen (secondary N) is 1. The van der Waals surface area contributed by atoms with Gasteiger partial charge in [-0.1, -0.05) is 12.1 Å². The molecule has 2 aromatic rings. The summed E-state index contributed by atoms with van der Waals surface area (Å²) in [6.07, 6.45) is 1.60. The Labute approximate surface area is 146 Å². The number of carbonyl (C=O) groups excluding carboxylic acids is 1. The van der Waals surface area contributed by atoms with Crippen molar-refractivity contribution in [2.75, 3.05) is 7.11 Å². The lowest BCUT2D eigenvalue weighted by Crippen LogP contribution is -2.19. The summed E-state index contributed by atoms with van der Waals surface area (Å²) in [4.78, 5) is 22.0. The predicted octanol–water partition coefficient (Wildman–Crippen LogP) is 3.06. The summed E-state index contributed by atoms with van der Waals surface area (Å²) in [5, 5.41) is 14.5. The number of methoxy groups -OCH3 is 1. The van der Waals surface area contributed by atoms with E-state index in [4.69, 9.17) is 4.74 Å². The fraction of sp³-hybridized carbons (Fsp3) is 0.125. The van der Waals surface area contributed by atoms with E-state index in [2.05, 4.69) is 26.5 Å². The molecule has 0 spiro atoms. The van der Waals surface area contributed by atoms with Crippen molar-refractivity contribution in [3.63, 3.8) is 0 Å². The number of benzene rings is 2. The van der Waals surface area contributed by atoms with Crippen LogP contribution in [0.15, 0.2) is 52.0 Å². The van der Waals surface area contributed by atoms with Crippen LogP contribution in [0.3, 0.4) is 0 Å². The van der Waals surface area contributed by atoms with Crippen LogP contribution in [0.5, 0.6) is 5.75 Å². The average molecular weight is 392 g/mol. The summed E-state index contributed by atoms with van der Waals surface area (Å²) in [5.74, 6) is 0.453. The van der Waals surface area contributed by atoms with E-state index >= 15 is 0 Å². The molecule has 0 aliphatic heterocycles. The summed E-state index contributed by atoms with van der Waals surface area (Å²) >= 11 is 3.23. The minimum absolute atomic E-state index is 0.0254. The first-order chi connectivity index (χ1) is 11.5. The minimum Gasteiger partial charge on any atom is -0.497 e. The van der Waals surface area contributed by atoms with Crippen LogP contribution in [0.2, 0.25) is 0 Å². The van der Waals surface area contributed by atoms with Gasteiger partial charge in [-0.25, -0.2) is 5.43 Å². The molecule has 1 amide bonds. The largest absolute Gasteiger partial charge is 0.497 e. The van der Waals surface area contributed by atoms with E-state index in [1.807, 2.05) is 0 Å². The highest BCUT2D eigenvalue weighted by Gasteiger charge is 2.08. The fourth-order valence-corrected chi connectivity index (χ4v) is 2.35. The SMILES string of the molecule is COc1ccc(CC(=O)N/N=C\c2ccc([N+](=O)[O-])cc2Br)cc1. The maximum absolute atomic E-state index is 11.8. The Bertz CT molecular complexity index is 775. The predicted molar refractivity (Wildman–Crippen MR) is 93.2 cm³/mol. The number of halogens is 1. The van der Waals surface area contributed by atoms with Gasteiger partial charge in [0.15, 0.2) is 0 Å². The molecule has 1 N–H and O–H groups in total. The van der Waals surface area contributed by atoms with Gasteiger partial charge in [0.25, 0.3) is 5.69 Å². The zero-order valence-corrected chi connectivity index (χ0v) is 14.3. The third-order valence-electron chi connectivity index (χ3n) is 3.11. The van der Waals surface area contributed by atoms with Crippen LogP contribution >= 0.6 is 15.9 Å². The van der Waals surface area contributed by atoms with Gasteiger partial charge in [-0.05, 0) is 39.7 Å². The number of nitrogens with zero attached hydrogens (tertiary/aromatic N) is 2. The Hall–Kier alpha value is -2.74. The lowest BCUT2D eigenvalue weighted by molar-refractivity contribution is -0.384. The smallest absolute Gasteiger partial charge is 0.270 e. The zero-order chi connectivity index (χ0) is 17.5. The number of amides is 1. The topological polar surface area (TPSA) is 93.8 Å². The molecule has 2 aromatic carbocycles. The van der Waals surface area contributed by atoms with E-state index < -0.39 is 4.92 Å². The number of hydrogen-bond donors (Lipinski definition) is 1. The highest BCUT2D eigenvalue weighted by Crippen LogP contribution is 2.21. The Morgan fingerprint density at radius 2 is 2.04 bits per heavy atom. The van der Waals surface area contributed by atoms with Gasteiger partial charge < -0.3 is 4.74 Å². The molecule has 0 aromatic heterocycles. The molecule has 0 saturated heterocycles. The number of rotatable bonds is 6. The molecule has 24 heavy (non-hydrogen) atoms. The molecule has 124 valence electrons. The number of hydrazone groups is 1. The van der Waals surface area contributed by atoms with Crippen LogP contribution < -0.4 is 10.2 Å². The summed E-state index contributed by atoms with van der Waals surface area (Å²) in [6, 6.07) is 11.4. The van der Waals surface area contributed by atoms with Gasteiger partial charge in [-0.3, -0.25) is 14.9 Å². The third kappa shape index (κ3) is 4.88. The van der Waals surface area contributed by atoms with Crippen LogP contribution in [0.4, 0.5) is 5.69 Å². The van der Waals surface area contributed by atoms with Crippen molar-refractivity contribution in [3.05, 3.63) is 68.2 Å². The second-order valence-corrected chi connectivity index (χ2v) is 5.64. The normalized spacial score (nSPS) is 10.6. The van der Waals surface area contributed by atoms with Crippen molar-refractivity contribution in [1.29, 1.82) is 0 Å². The number of ether oxygens (including phenoxy) is 1. The molecule has 0 unspecified atom stereocenters. The fourth-order valence-electron chi connectivity index (χ4n) is 1.88. The van der Waals surface area contributed by atoms with Crippen LogP contribution in [-0.2, 0) is 11.2 Å². The molecule has 0 saturated carbocycles. The van der Waals surface area contributed by atoms with Gasteiger partial charge in [-0.15, -0.1) is 0 Å². The Balaban J connectivity index is 1.93. The number of hydrogen-bond acceptors (Lipinski definition) is 5. The standard InChI is InChI=1S/C16H14BrN3O4/c1-24-14-6-2-11(3-7-14)8-16(21)19-18-10-12-4-5-13(20(22)23)9-15(12)17/h2-7,9-10H,8H2,1H3,(H,19,21)/b18-10-. The van der Waals surface area contributed by atoms with E-state index in [1.165, 1.54) is 18.3 Å². The quantitative estimate of drug-likeness (QED) is 0.465. The van der Waals surface area contributed by atoms with E-state index in [-0.39, 0.29) is 18.0 Å². The molecule has 7 nitrogen and oxygen atoms in total. The van der Waals surface area contributed by atoms with E-state index in [0.717, 1.165) is 11.3 Å². The molecular weight excluding hydrogens is 378 g/mol. The maximum atomic E-state index is 11.8.